The second kappa shape index (κ2) is 14.8. The van der Waals surface area contributed by atoms with E-state index < -0.39 is 12.2 Å². The molecule has 224 valence electrons. The van der Waals surface area contributed by atoms with E-state index in [0.717, 1.165) is 46.7 Å². The summed E-state index contributed by atoms with van der Waals surface area (Å²) < 4.78 is 21.4. The zero-order chi connectivity index (χ0) is 29.3. The van der Waals surface area contributed by atoms with E-state index in [-0.39, 0.29) is 11.8 Å². The third kappa shape index (κ3) is 6.86. The number of para-hydroxylation sites is 2. The van der Waals surface area contributed by atoms with Crippen LogP contribution in [0.2, 0.25) is 0 Å². The van der Waals surface area contributed by atoms with Gasteiger partial charge in [-0.1, -0.05) is 48.6 Å². The average Bonchev–Trinajstić information content (AvgIpc) is 3.03. The van der Waals surface area contributed by atoms with Crippen LogP contribution in [0.5, 0.6) is 0 Å². The van der Waals surface area contributed by atoms with Crippen molar-refractivity contribution < 1.29 is 29.2 Å². The number of nitrogens with zero attached hydrogens (tertiary/aromatic N) is 2. The summed E-state index contributed by atoms with van der Waals surface area (Å²) in [6.45, 7) is 4.93. The Labute approximate surface area is 248 Å². The maximum atomic E-state index is 11.2. The third-order valence-electron chi connectivity index (χ3n) is 8.06. The maximum Gasteiger partial charge on any atom is 0.0716 e. The average molecular weight is 575 g/mol. The highest BCUT2D eigenvalue weighted by molar-refractivity contribution is 5.87. The topological polar surface area (TPSA) is 83.9 Å². The van der Waals surface area contributed by atoms with Crippen LogP contribution < -0.4 is 9.80 Å². The first-order valence-electron chi connectivity index (χ1n) is 14.6. The molecular weight excluding hydrogens is 532 g/mol. The van der Waals surface area contributed by atoms with Crippen LogP contribution in [-0.4, -0.2) is 89.4 Å². The van der Waals surface area contributed by atoms with Crippen LogP contribution in [0.15, 0.2) is 85.2 Å². The van der Waals surface area contributed by atoms with Gasteiger partial charge in [0.15, 0.2) is 0 Å². The Balaban J connectivity index is 1.26. The van der Waals surface area contributed by atoms with Crippen molar-refractivity contribution in [2.45, 2.75) is 12.2 Å². The van der Waals surface area contributed by atoms with Crippen LogP contribution in [0, 0.1) is 11.8 Å². The number of hydrogen-bond donors (Lipinski definition) is 2. The molecule has 0 aromatic heterocycles. The highest BCUT2D eigenvalue weighted by atomic mass is 16.5. The number of benzene rings is 2. The minimum atomic E-state index is -0.680. The van der Waals surface area contributed by atoms with Crippen molar-refractivity contribution >= 4 is 22.5 Å². The van der Waals surface area contributed by atoms with E-state index in [2.05, 4.69) is 46.2 Å². The predicted octanol–water partition coefficient (Wildman–Crippen LogP) is 4.11. The van der Waals surface area contributed by atoms with Gasteiger partial charge in [-0.05, 0) is 35.4 Å². The first kappa shape index (κ1) is 30.2. The number of methoxy groups -OCH3 is 2. The van der Waals surface area contributed by atoms with Crippen LogP contribution >= 0.6 is 0 Å². The van der Waals surface area contributed by atoms with Gasteiger partial charge in [0.2, 0.25) is 0 Å². The lowest BCUT2D eigenvalue weighted by molar-refractivity contribution is -0.109. The van der Waals surface area contributed by atoms with Crippen molar-refractivity contribution in [2.75, 3.05) is 76.8 Å². The predicted molar refractivity (Wildman–Crippen MR) is 166 cm³/mol. The Morgan fingerprint density at radius 2 is 1.05 bits per heavy atom. The molecule has 0 bridgehead atoms. The SMILES string of the molecule is COCCOCCN1C=CC(=CC2C(O)C(C=C3C=CN(CCOCCOC)c4ccccc43)C2O)c2ccccc21. The molecule has 2 aromatic rings. The molecule has 5 rings (SSSR count). The van der Waals surface area contributed by atoms with E-state index >= 15 is 0 Å². The molecular formula is C34H42N2O6. The lowest BCUT2D eigenvalue weighted by Gasteiger charge is -2.44. The van der Waals surface area contributed by atoms with Crippen molar-refractivity contribution in [3.63, 3.8) is 0 Å². The first-order chi connectivity index (χ1) is 20.6. The van der Waals surface area contributed by atoms with Crippen LogP contribution in [0.4, 0.5) is 11.4 Å². The molecule has 1 fully saturated rings. The number of ether oxygens (including phenoxy) is 4. The monoisotopic (exact) mass is 574 g/mol. The molecule has 42 heavy (non-hydrogen) atoms. The Morgan fingerprint density at radius 1 is 0.619 bits per heavy atom. The van der Waals surface area contributed by atoms with Crippen molar-refractivity contribution in [1.82, 2.24) is 0 Å². The zero-order valence-corrected chi connectivity index (χ0v) is 24.5. The lowest BCUT2D eigenvalue weighted by atomic mass is 9.67. The Hall–Kier alpha value is -3.24. The molecule has 0 spiro atoms. The van der Waals surface area contributed by atoms with Gasteiger partial charge in [-0.3, -0.25) is 0 Å². The van der Waals surface area contributed by atoms with E-state index in [1.54, 1.807) is 14.2 Å². The van der Waals surface area contributed by atoms with Crippen molar-refractivity contribution in [1.29, 1.82) is 0 Å². The normalized spacial score (nSPS) is 24.7. The molecule has 0 atom stereocenters. The van der Waals surface area contributed by atoms with Gasteiger partial charge in [0.25, 0.3) is 0 Å². The Bertz CT molecular complexity index is 1200. The Kier molecular flexibility index (Phi) is 10.6. The molecule has 3 aliphatic rings. The fourth-order valence-corrected chi connectivity index (χ4v) is 5.69. The minimum Gasteiger partial charge on any atom is -0.392 e. The summed E-state index contributed by atoms with van der Waals surface area (Å²) in [5, 5.41) is 22.4. The van der Waals surface area contributed by atoms with Crippen LogP contribution in [-0.2, 0) is 18.9 Å². The number of allylic oxidation sites excluding steroid dienone is 4. The number of rotatable bonds is 14. The van der Waals surface area contributed by atoms with Gasteiger partial charge in [0.1, 0.15) is 0 Å². The summed E-state index contributed by atoms with van der Waals surface area (Å²) in [5.74, 6) is -0.709. The molecule has 0 unspecified atom stereocenters. The van der Waals surface area contributed by atoms with Gasteiger partial charge in [0, 0.05) is 74.0 Å². The maximum absolute atomic E-state index is 11.2. The van der Waals surface area contributed by atoms with E-state index in [1.165, 1.54) is 0 Å². The second-order valence-electron chi connectivity index (χ2n) is 10.6. The van der Waals surface area contributed by atoms with Gasteiger partial charge in [-0.2, -0.15) is 0 Å². The van der Waals surface area contributed by atoms with Crippen LogP contribution in [0.3, 0.4) is 0 Å². The molecule has 2 aliphatic heterocycles. The molecule has 1 aliphatic carbocycles. The largest absolute Gasteiger partial charge is 0.392 e. The quantitative estimate of drug-likeness (QED) is 0.326. The van der Waals surface area contributed by atoms with Gasteiger partial charge < -0.3 is 39.0 Å². The number of anilines is 2. The summed E-state index contributed by atoms with van der Waals surface area (Å²) in [5.41, 5.74) is 6.33. The minimum absolute atomic E-state index is 0.355. The molecule has 8 heteroatoms. The fraction of sp³-hybridized carbons (Fsp3) is 0.412. The molecule has 0 radical (unpaired) electrons. The number of hydrogen-bond acceptors (Lipinski definition) is 8. The van der Waals surface area contributed by atoms with E-state index in [1.807, 2.05) is 48.8 Å². The third-order valence-corrected chi connectivity index (χ3v) is 8.06. The second-order valence-corrected chi connectivity index (χ2v) is 10.6. The van der Waals surface area contributed by atoms with Crippen molar-refractivity contribution in [3.8, 4) is 0 Å². The highest BCUT2D eigenvalue weighted by Crippen LogP contribution is 2.43. The van der Waals surface area contributed by atoms with Crippen molar-refractivity contribution in [2.24, 2.45) is 11.8 Å². The van der Waals surface area contributed by atoms with E-state index in [4.69, 9.17) is 18.9 Å². The van der Waals surface area contributed by atoms with Crippen molar-refractivity contribution in [3.05, 3.63) is 96.4 Å². The standard InChI is InChI=1S/C34H42N2O6/c1-39-19-21-41-17-15-35-13-11-25(27-7-3-5-9-31(27)35)23-29-33(37)30(34(29)38)24-26-12-14-36(16-18-42-22-20-40-2)32-10-6-4-8-28(26)32/h3-14,23-24,29-30,33-34,37-38H,15-22H2,1-2H3. The number of aliphatic hydroxyl groups is 2. The van der Waals surface area contributed by atoms with Gasteiger partial charge in [-0.15, -0.1) is 0 Å². The first-order valence-corrected chi connectivity index (χ1v) is 14.6. The van der Waals surface area contributed by atoms with Crippen LogP contribution in [0.1, 0.15) is 11.1 Å². The number of fused-ring (bicyclic) bond motifs is 2. The molecule has 8 nitrogen and oxygen atoms in total. The highest BCUT2D eigenvalue weighted by Gasteiger charge is 2.47. The molecule has 1 saturated carbocycles. The molecule has 2 heterocycles. The molecule has 0 saturated heterocycles. The Morgan fingerprint density at radius 3 is 1.48 bits per heavy atom. The summed E-state index contributed by atoms with van der Waals surface area (Å²) in [4.78, 5) is 4.34. The van der Waals surface area contributed by atoms with Gasteiger partial charge >= 0.3 is 0 Å². The van der Waals surface area contributed by atoms with Gasteiger partial charge in [0.05, 0.1) is 51.8 Å². The van der Waals surface area contributed by atoms with E-state index in [9.17, 15) is 10.2 Å². The van der Waals surface area contributed by atoms with E-state index in [0.29, 0.717) is 39.6 Å². The zero-order valence-electron chi connectivity index (χ0n) is 24.5. The molecule has 0 amide bonds. The smallest absolute Gasteiger partial charge is 0.0716 e. The summed E-state index contributed by atoms with van der Waals surface area (Å²) in [7, 11) is 3.33. The summed E-state index contributed by atoms with van der Waals surface area (Å²) >= 11 is 0. The summed E-state index contributed by atoms with van der Waals surface area (Å²) in [6, 6.07) is 16.4. The van der Waals surface area contributed by atoms with Crippen LogP contribution in [0.25, 0.3) is 11.1 Å². The lowest BCUT2D eigenvalue weighted by Crippen LogP contribution is -2.53. The summed E-state index contributed by atoms with van der Waals surface area (Å²) in [6.07, 6.45) is 10.9. The van der Waals surface area contributed by atoms with Gasteiger partial charge in [-0.25, -0.2) is 0 Å². The fourth-order valence-electron chi connectivity index (χ4n) is 5.69. The molecule has 2 N–H and O–H groups in total. The number of aliphatic hydroxyl groups excluding tert-OH is 2. The molecule has 2 aromatic carbocycles.